The van der Waals surface area contributed by atoms with Crippen LogP contribution in [0.1, 0.15) is 17.1 Å². The van der Waals surface area contributed by atoms with E-state index in [0.717, 1.165) is 14.3 Å². The molecule has 0 fully saturated rings. The van der Waals surface area contributed by atoms with Gasteiger partial charge < -0.3 is 10.2 Å². The number of pyridine rings is 3. The Balaban J connectivity index is 1.53. The topological polar surface area (TPSA) is 157 Å². The second-order valence-electron chi connectivity index (χ2n) is 10.6. The molecule has 0 aliphatic heterocycles. The Hall–Kier alpha value is -4.21. The summed E-state index contributed by atoms with van der Waals surface area (Å²) >= 11 is 0. The third-order valence-electron chi connectivity index (χ3n) is 7.11. The standard InChI is InChI=1S/C30H32N6O6S2/c1-34(2)43(39,40)27-14-12-25(37)29-23(27)10-8-21(32-29)18-36(17-20-7-5-6-16-31-20)19-22-9-11-24-28(44(41,42)35(3)4)15-13-26(38)30(24)33-22/h5-16,37-38H,17-19H2,1-4H3. The first kappa shape index (κ1) is 31.2. The van der Waals surface area contributed by atoms with E-state index in [4.69, 9.17) is 0 Å². The molecule has 0 bridgehead atoms. The molecule has 5 rings (SSSR count). The highest BCUT2D eigenvalue weighted by Crippen LogP contribution is 2.32. The highest BCUT2D eigenvalue weighted by atomic mass is 32.2. The first-order valence-electron chi connectivity index (χ1n) is 13.5. The number of nitrogens with zero attached hydrogens (tertiary/aromatic N) is 6. The monoisotopic (exact) mass is 636 g/mol. The average Bonchev–Trinajstić information content (AvgIpc) is 2.98. The quantitative estimate of drug-likeness (QED) is 0.233. The Morgan fingerprint density at radius 1 is 0.591 bits per heavy atom. The molecule has 0 unspecified atom stereocenters. The Bertz CT molecular complexity index is 1940. The summed E-state index contributed by atoms with van der Waals surface area (Å²) in [5.74, 6) is -0.294. The molecule has 0 amide bonds. The second kappa shape index (κ2) is 12.1. The number of phenolic OH excluding ortho intramolecular Hbond substituents is 2. The first-order chi connectivity index (χ1) is 20.8. The van der Waals surface area contributed by atoms with Crippen molar-refractivity contribution in [3.63, 3.8) is 0 Å². The van der Waals surface area contributed by atoms with Crippen LogP contribution < -0.4 is 0 Å². The van der Waals surface area contributed by atoms with Crippen LogP contribution in [0.25, 0.3) is 21.8 Å². The van der Waals surface area contributed by atoms with Crippen molar-refractivity contribution in [2.24, 2.45) is 0 Å². The largest absolute Gasteiger partial charge is 0.506 e. The fraction of sp³-hybridized carbons (Fsp3) is 0.233. The summed E-state index contributed by atoms with van der Waals surface area (Å²) in [6, 6.07) is 17.6. The van der Waals surface area contributed by atoms with Gasteiger partial charge in [-0.05, 0) is 60.7 Å². The molecule has 2 aromatic carbocycles. The summed E-state index contributed by atoms with van der Waals surface area (Å²) in [5, 5.41) is 21.8. The number of fused-ring (bicyclic) bond motifs is 2. The fourth-order valence-electron chi connectivity index (χ4n) is 4.80. The van der Waals surface area contributed by atoms with Gasteiger partial charge in [0.15, 0.2) is 0 Å². The van der Waals surface area contributed by atoms with Crippen LogP contribution in [0.15, 0.2) is 82.7 Å². The number of hydrogen-bond acceptors (Lipinski definition) is 10. The minimum absolute atomic E-state index is 0.0375. The zero-order valence-electron chi connectivity index (χ0n) is 24.6. The van der Waals surface area contributed by atoms with E-state index in [-0.39, 0.29) is 45.4 Å². The number of sulfonamides is 2. The lowest BCUT2D eigenvalue weighted by Crippen LogP contribution is -2.24. The Morgan fingerprint density at radius 3 is 1.45 bits per heavy atom. The zero-order chi connectivity index (χ0) is 31.8. The van der Waals surface area contributed by atoms with Crippen molar-refractivity contribution in [2.75, 3.05) is 28.2 Å². The number of aromatic hydroxyl groups is 2. The van der Waals surface area contributed by atoms with Crippen LogP contribution in [-0.4, -0.2) is 83.7 Å². The van der Waals surface area contributed by atoms with Gasteiger partial charge in [0.1, 0.15) is 22.5 Å². The summed E-state index contributed by atoms with van der Waals surface area (Å²) in [4.78, 5) is 15.8. The summed E-state index contributed by atoms with van der Waals surface area (Å²) in [6.45, 7) is 0.942. The molecule has 44 heavy (non-hydrogen) atoms. The summed E-state index contributed by atoms with van der Waals surface area (Å²) in [5.41, 5.74) is 2.22. The summed E-state index contributed by atoms with van der Waals surface area (Å²) < 4.78 is 53.8. The first-order valence-corrected chi connectivity index (χ1v) is 16.4. The van der Waals surface area contributed by atoms with Gasteiger partial charge in [0, 0.05) is 64.8 Å². The van der Waals surface area contributed by atoms with E-state index in [1.807, 2.05) is 23.1 Å². The SMILES string of the molecule is CN(C)S(=O)(=O)c1ccc(O)c2nc(CN(Cc3ccccn3)Cc3ccc4c(S(=O)(=O)N(C)C)ccc(O)c4n3)ccc12. The maximum absolute atomic E-state index is 12.9. The van der Waals surface area contributed by atoms with Crippen LogP contribution in [0.2, 0.25) is 0 Å². The average molecular weight is 637 g/mol. The highest BCUT2D eigenvalue weighted by Gasteiger charge is 2.24. The smallest absolute Gasteiger partial charge is 0.243 e. The van der Waals surface area contributed by atoms with Gasteiger partial charge in [-0.3, -0.25) is 9.88 Å². The molecule has 3 aromatic heterocycles. The van der Waals surface area contributed by atoms with E-state index in [1.165, 1.54) is 52.5 Å². The van der Waals surface area contributed by atoms with Crippen molar-refractivity contribution in [3.8, 4) is 11.5 Å². The predicted octanol–water partition coefficient (Wildman–Crippen LogP) is 3.29. The number of hydrogen-bond donors (Lipinski definition) is 2. The molecule has 0 spiro atoms. The second-order valence-corrected chi connectivity index (χ2v) is 14.8. The van der Waals surface area contributed by atoms with Gasteiger partial charge in [-0.25, -0.2) is 35.4 Å². The molecule has 230 valence electrons. The van der Waals surface area contributed by atoms with Crippen LogP contribution >= 0.6 is 0 Å². The number of phenols is 2. The molecular formula is C30H32N6O6S2. The van der Waals surface area contributed by atoms with E-state index in [9.17, 15) is 27.0 Å². The van der Waals surface area contributed by atoms with E-state index < -0.39 is 20.0 Å². The van der Waals surface area contributed by atoms with Crippen LogP contribution in [0.5, 0.6) is 11.5 Å². The zero-order valence-corrected chi connectivity index (χ0v) is 26.2. The van der Waals surface area contributed by atoms with Crippen LogP contribution in [0.4, 0.5) is 0 Å². The molecule has 0 saturated carbocycles. The lowest BCUT2D eigenvalue weighted by Gasteiger charge is -2.22. The maximum atomic E-state index is 12.9. The minimum Gasteiger partial charge on any atom is -0.506 e. The van der Waals surface area contributed by atoms with E-state index in [0.29, 0.717) is 28.7 Å². The lowest BCUT2D eigenvalue weighted by atomic mass is 10.1. The molecule has 0 saturated heterocycles. The highest BCUT2D eigenvalue weighted by molar-refractivity contribution is 7.89. The van der Waals surface area contributed by atoms with Gasteiger partial charge >= 0.3 is 0 Å². The van der Waals surface area contributed by atoms with Gasteiger partial charge in [-0.15, -0.1) is 0 Å². The normalized spacial score (nSPS) is 12.6. The minimum atomic E-state index is -3.78. The van der Waals surface area contributed by atoms with Gasteiger partial charge in [0.25, 0.3) is 0 Å². The van der Waals surface area contributed by atoms with Crippen LogP contribution in [0.3, 0.4) is 0 Å². The maximum Gasteiger partial charge on any atom is 0.243 e. The van der Waals surface area contributed by atoms with Crippen LogP contribution in [-0.2, 0) is 39.7 Å². The Labute approximate surface area is 256 Å². The molecule has 0 aliphatic rings. The van der Waals surface area contributed by atoms with Crippen LogP contribution in [0, 0.1) is 0 Å². The van der Waals surface area contributed by atoms with Gasteiger partial charge in [-0.2, -0.15) is 0 Å². The van der Waals surface area contributed by atoms with E-state index in [2.05, 4.69) is 15.0 Å². The molecule has 3 heterocycles. The predicted molar refractivity (Wildman–Crippen MR) is 166 cm³/mol. The van der Waals surface area contributed by atoms with Crippen molar-refractivity contribution in [1.29, 1.82) is 0 Å². The van der Waals surface area contributed by atoms with Crippen molar-refractivity contribution < 1.29 is 27.0 Å². The Morgan fingerprint density at radius 2 is 1.05 bits per heavy atom. The molecule has 0 radical (unpaired) electrons. The van der Waals surface area contributed by atoms with Crippen molar-refractivity contribution >= 4 is 41.9 Å². The van der Waals surface area contributed by atoms with Gasteiger partial charge in [-0.1, -0.05) is 6.07 Å². The number of aromatic nitrogens is 3. The van der Waals surface area contributed by atoms with E-state index >= 15 is 0 Å². The molecule has 14 heteroatoms. The fourth-order valence-corrected chi connectivity index (χ4v) is 6.95. The lowest BCUT2D eigenvalue weighted by molar-refractivity contribution is 0.239. The van der Waals surface area contributed by atoms with Gasteiger partial charge in [0.05, 0.1) is 26.9 Å². The molecule has 0 atom stereocenters. The number of rotatable bonds is 10. The molecule has 0 aliphatic carbocycles. The molecular weight excluding hydrogens is 605 g/mol. The summed E-state index contributed by atoms with van der Waals surface area (Å²) in [7, 11) is -1.81. The summed E-state index contributed by atoms with van der Waals surface area (Å²) in [6.07, 6.45) is 1.69. The Kier molecular flexibility index (Phi) is 8.55. The van der Waals surface area contributed by atoms with E-state index in [1.54, 1.807) is 30.5 Å². The van der Waals surface area contributed by atoms with Crippen molar-refractivity contribution in [1.82, 2.24) is 28.5 Å². The van der Waals surface area contributed by atoms with Crippen molar-refractivity contribution in [3.05, 3.63) is 90.0 Å². The third kappa shape index (κ3) is 6.07. The van der Waals surface area contributed by atoms with Gasteiger partial charge in [0.2, 0.25) is 20.0 Å². The molecule has 12 nitrogen and oxygen atoms in total. The molecule has 5 aromatic rings. The molecule has 2 N–H and O–H groups in total. The third-order valence-corrected chi connectivity index (χ3v) is 10.9. The van der Waals surface area contributed by atoms with Crippen molar-refractivity contribution in [2.45, 2.75) is 29.4 Å². The number of benzene rings is 2.